The van der Waals surface area contributed by atoms with Gasteiger partial charge in [0.1, 0.15) is 17.3 Å². The minimum Gasteiger partial charge on any atom is -0.383 e. The van der Waals surface area contributed by atoms with Crippen molar-refractivity contribution in [2.45, 2.75) is 58.5 Å². The van der Waals surface area contributed by atoms with Gasteiger partial charge in [-0.15, -0.1) is 5.10 Å². The molecule has 4 aromatic rings. The van der Waals surface area contributed by atoms with Crippen LogP contribution in [-0.4, -0.2) is 32.4 Å². The Labute approximate surface area is 249 Å². The number of aromatic nitrogens is 4. The van der Waals surface area contributed by atoms with Crippen LogP contribution < -0.4 is 16.4 Å². The second-order valence-electron chi connectivity index (χ2n) is 12.0. The number of nitrogens with two attached hydrogens (primary N) is 1. The van der Waals surface area contributed by atoms with Crippen LogP contribution in [0, 0.1) is 35.0 Å². The molecule has 1 saturated carbocycles. The summed E-state index contributed by atoms with van der Waals surface area (Å²) in [6.45, 7) is 8.83. The van der Waals surface area contributed by atoms with Crippen molar-refractivity contribution in [3.63, 3.8) is 0 Å². The predicted molar refractivity (Wildman–Crippen MR) is 162 cm³/mol. The van der Waals surface area contributed by atoms with E-state index in [1.54, 1.807) is 35.3 Å². The normalized spacial score (nSPS) is 14.8. The van der Waals surface area contributed by atoms with Crippen LogP contribution in [0.5, 0.6) is 0 Å². The van der Waals surface area contributed by atoms with E-state index in [9.17, 15) is 15.3 Å². The van der Waals surface area contributed by atoms with E-state index in [0.29, 0.717) is 63.5 Å². The van der Waals surface area contributed by atoms with Crippen LogP contribution in [0.2, 0.25) is 5.02 Å². The number of nitriles is 2. The molecular weight excluding hydrogens is 550 g/mol. The molecule has 1 amide bonds. The number of benzene rings is 2. The molecule has 1 fully saturated rings. The van der Waals surface area contributed by atoms with Crippen LogP contribution in [0.3, 0.4) is 0 Å². The Bertz CT molecular complexity index is 1770. The number of hydrogen-bond donors (Lipinski definition) is 3. The summed E-state index contributed by atoms with van der Waals surface area (Å²) in [4.78, 5) is 17.0. The molecule has 11 heteroatoms. The van der Waals surface area contributed by atoms with Gasteiger partial charge in [-0.1, -0.05) is 49.7 Å². The lowest BCUT2D eigenvalue weighted by atomic mass is 9.76. The molecule has 2 heterocycles. The molecule has 1 atom stereocenters. The highest BCUT2D eigenvalue weighted by molar-refractivity contribution is 6.32. The van der Waals surface area contributed by atoms with E-state index in [-0.39, 0.29) is 5.41 Å². The fourth-order valence-electron chi connectivity index (χ4n) is 5.28. The number of hydrogen-bond acceptors (Lipinski definition) is 8. The quantitative estimate of drug-likeness (QED) is 0.244. The molecule has 4 N–H and O–H groups in total. The summed E-state index contributed by atoms with van der Waals surface area (Å²) in [6, 6.07) is 13.0. The highest BCUT2D eigenvalue weighted by atomic mass is 35.5. The van der Waals surface area contributed by atoms with Gasteiger partial charge in [0.05, 0.1) is 46.3 Å². The number of rotatable bonds is 8. The van der Waals surface area contributed by atoms with Gasteiger partial charge in [-0.25, -0.2) is 4.68 Å². The Morgan fingerprint density at radius 1 is 1.21 bits per heavy atom. The Hall–Kier alpha value is -4.67. The van der Waals surface area contributed by atoms with E-state index in [1.165, 1.54) is 0 Å². The maximum absolute atomic E-state index is 12.4. The predicted octanol–water partition coefficient (Wildman–Crippen LogP) is 5.56. The van der Waals surface area contributed by atoms with Gasteiger partial charge in [-0.3, -0.25) is 9.78 Å². The van der Waals surface area contributed by atoms with Crippen molar-refractivity contribution in [2.24, 2.45) is 11.1 Å². The number of primary amides is 1. The zero-order valence-corrected chi connectivity index (χ0v) is 24.8. The van der Waals surface area contributed by atoms with Crippen LogP contribution in [0.4, 0.5) is 11.4 Å². The largest absolute Gasteiger partial charge is 0.383 e. The van der Waals surface area contributed by atoms with E-state index in [0.717, 1.165) is 17.5 Å². The number of amides is 1. The lowest BCUT2D eigenvalue weighted by molar-refractivity contribution is -0.131. The third-order valence-electron chi connectivity index (χ3n) is 7.84. The van der Waals surface area contributed by atoms with Gasteiger partial charge in [0.2, 0.25) is 5.91 Å². The first-order valence-electron chi connectivity index (χ1n) is 13.7. The van der Waals surface area contributed by atoms with Crippen molar-refractivity contribution in [3.05, 3.63) is 75.7 Å². The molecule has 2 aromatic carbocycles. The summed E-state index contributed by atoms with van der Waals surface area (Å²) >= 11 is 6.66. The minimum atomic E-state index is -0.898. The molecule has 0 aliphatic heterocycles. The molecule has 0 spiro atoms. The van der Waals surface area contributed by atoms with Crippen LogP contribution in [-0.2, 0) is 10.3 Å². The Kier molecular flexibility index (Phi) is 7.53. The second kappa shape index (κ2) is 11.0. The zero-order valence-electron chi connectivity index (χ0n) is 24.0. The first-order chi connectivity index (χ1) is 20.0. The van der Waals surface area contributed by atoms with E-state index in [1.807, 2.05) is 19.1 Å². The number of nitrogens with zero attached hydrogens (tertiary/aromatic N) is 6. The highest BCUT2D eigenvalue weighted by Crippen LogP contribution is 2.40. The van der Waals surface area contributed by atoms with Crippen molar-refractivity contribution >= 4 is 39.8 Å². The highest BCUT2D eigenvalue weighted by Gasteiger charge is 2.46. The number of halogens is 1. The van der Waals surface area contributed by atoms with Gasteiger partial charge in [-0.2, -0.15) is 10.5 Å². The van der Waals surface area contributed by atoms with Gasteiger partial charge >= 0.3 is 0 Å². The fourth-order valence-corrected chi connectivity index (χ4v) is 5.50. The number of carbonyl (C=O) groups is 1. The summed E-state index contributed by atoms with van der Waals surface area (Å²) in [5, 5.41) is 36.5. The van der Waals surface area contributed by atoms with E-state index in [4.69, 9.17) is 17.3 Å². The third kappa shape index (κ3) is 5.22. The molecule has 0 radical (unpaired) electrons. The second-order valence-corrected chi connectivity index (χ2v) is 12.4. The average Bonchev–Trinajstić information content (AvgIpc) is 3.39. The summed E-state index contributed by atoms with van der Waals surface area (Å²) in [5.74, 6) is -0.439. The SMILES string of the molecule is Cc1c(C#N)cccc1[C@H](Nc1cc(Cl)cc2c(NCC(C)(C)C)c(C#N)cnc12)c1cn(C2(C(N)=O)CCC2)nn1. The Morgan fingerprint density at radius 3 is 2.57 bits per heavy atom. The minimum absolute atomic E-state index is 0.0368. The van der Waals surface area contributed by atoms with Crippen molar-refractivity contribution < 1.29 is 4.79 Å². The number of pyridine rings is 1. The number of carbonyl (C=O) groups excluding carboxylic acids is 1. The number of fused-ring (bicyclic) bond motifs is 1. The number of anilines is 2. The molecule has 42 heavy (non-hydrogen) atoms. The Balaban J connectivity index is 1.66. The maximum Gasteiger partial charge on any atom is 0.245 e. The molecule has 1 aliphatic rings. The topological polar surface area (TPSA) is 158 Å². The Morgan fingerprint density at radius 2 is 1.95 bits per heavy atom. The summed E-state index contributed by atoms with van der Waals surface area (Å²) < 4.78 is 1.56. The third-order valence-corrected chi connectivity index (χ3v) is 8.06. The average molecular weight is 582 g/mol. The molecule has 5 rings (SSSR count). The molecule has 2 aromatic heterocycles. The first kappa shape index (κ1) is 28.8. The lowest BCUT2D eigenvalue weighted by Crippen LogP contribution is -2.51. The summed E-state index contributed by atoms with van der Waals surface area (Å²) in [7, 11) is 0. The first-order valence-corrected chi connectivity index (χ1v) is 14.1. The maximum atomic E-state index is 12.4. The zero-order chi connectivity index (χ0) is 30.2. The molecule has 0 saturated heterocycles. The smallest absolute Gasteiger partial charge is 0.245 e. The van der Waals surface area contributed by atoms with Crippen LogP contribution in [0.15, 0.2) is 42.7 Å². The molecular formula is C31H32ClN9O. The van der Waals surface area contributed by atoms with Crippen LogP contribution in [0.1, 0.15) is 74.0 Å². The van der Waals surface area contributed by atoms with Crippen molar-refractivity contribution in [1.82, 2.24) is 20.0 Å². The van der Waals surface area contributed by atoms with E-state index >= 15 is 0 Å². The summed E-state index contributed by atoms with van der Waals surface area (Å²) in [5.41, 5.74) is 9.77. The van der Waals surface area contributed by atoms with Gasteiger partial charge in [0, 0.05) is 23.2 Å². The molecule has 10 nitrogen and oxygen atoms in total. The monoisotopic (exact) mass is 581 g/mol. The van der Waals surface area contributed by atoms with Gasteiger partial charge in [-0.05, 0) is 60.9 Å². The van der Waals surface area contributed by atoms with Crippen molar-refractivity contribution in [1.29, 1.82) is 10.5 Å². The van der Waals surface area contributed by atoms with Crippen molar-refractivity contribution in [2.75, 3.05) is 17.2 Å². The molecule has 1 aliphatic carbocycles. The van der Waals surface area contributed by atoms with Crippen LogP contribution >= 0.6 is 11.6 Å². The van der Waals surface area contributed by atoms with Crippen LogP contribution in [0.25, 0.3) is 10.9 Å². The molecule has 0 unspecified atom stereocenters. The van der Waals surface area contributed by atoms with Gasteiger partial charge in [0.15, 0.2) is 0 Å². The standard InChI is InChI=1S/C31H32ClN9O/c1-18-19(13-33)7-5-8-22(18)28(25-16-41(40-39-25)31(29(35)42)9-6-10-31)38-24-12-21(32)11-23-26(37-17-30(2,3)4)20(14-34)15-36-27(23)24/h5,7-8,11-12,15-16,28,38H,6,9-10,17H2,1-4H3,(H2,35,42)(H,36,37)/t28-/m0/s1. The van der Waals surface area contributed by atoms with E-state index in [2.05, 4.69) is 58.8 Å². The van der Waals surface area contributed by atoms with Gasteiger partial charge < -0.3 is 16.4 Å². The molecule has 214 valence electrons. The fraction of sp³-hybridized carbons (Fsp3) is 0.355. The van der Waals surface area contributed by atoms with Gasteiger partial charge in [0.25, 0.3) is 0 Å². The molecule has 0 bridgehead atoms. The summed E-state index contributed by atoms with van der Waals surface area (Å²) in [6.07, 6.45) is 5.36. The lowest BCUT2D eigenvalue weighted by Gasteiger charge is -2.38. The number of nitrogens with one attached hydrogen (secondary N) is 2. The van der Waals surface area contributed by atoms with E-state index < -0.39 is 17.5 Å². The van der Waals surface area contributed by atoms with Crippen molar-refractivity contribution in [3.8, 4) is 12.1 Å².